The second kappa shape index (κ2) is 6.70. The molecule has 0 bridgehead atoms. The molecule has 0 aliphatic carbocycles. The summed E-state index contributed by atoms with van der Waals surface area (Å²) in [4.78, 5) is 0. The average molecular weight is 308 g/mol. The van der Waals surface area contributed by atoms with Crippen LogP contribution in [0.3, 0.4) is 0 Å². The Morgan fingerprint density at radius 3 is 1.90 bits per heavy atom. The van der Waals surface area contributed by atoms with Crippen molar-refractivity contribution < 1.29 is 14.2 Å². The molecule has 0 saturated heterocycles. The molecule has 5 heteroatoms. The van der Waals surface area contributed by atoms with E-state index in [-0.39, 0.29) is 6.04 Å². The van der Waals surface area contributed by atoms with Crippen LogP contribution in [0.1, 0.15) is 17.2 Å². The first-order chi connectivity index (χ1) is 10.1. The largest absolute Gasteiger partial charge is 0.497 e. The highest BCUT2D eigenvalue weighted by Gasteiger charge is 2.15. The predicted molar refractivity (Wildman–Crippen MR) is 83.6 cm³/mol. The number of rotatable bonds is 5. The van der Waals surface area contributed by atoms with E-state index in [2.05, 4.69) is 0 Å². The number of methoxy groups -OCH3 is 3. The Bertz CT molecular complexity index is 609. The van der Waals surface area contributed by atoms with E-state index in [1.807, 2.05) is 24.3 Å². The molecule has 2 aromatic rings. The Labute approximate surface area is 129 Å². The second-order valence-corrected chi connectivity index (χ2v) is 4.92. The lowest BCUT2D eigenvalue weighted by molar-refractivity contribution is 0.393. The molecule has 1 unspecified atom stereocenters. The topological polar surface area (TPSA) is 53.7 Å². The van der Waals surface area contributed by atoms with Crippen LogP contribution in [0.5, 0.6) is 17.2 Å². The van der Waals surface area contributed by atoms with Crippen LogP contribution in [0.4, 0.5) is 0 Å². The molecule has 2 rings (SSSR count). The Morgan fingerprint density at radius 2 is 1.43 bits per heavy atom. The molecule has 0 saturated carbocycles. The van der Waals surface area contributed by atoms with Gasteiger partial charge in [-0.2, -0.15) is 0 Å². The van der Waals surface area contributed by atoms with Crippen molar-refractivity contribution in [2.24, 2.45) is 5.73 Å². The van der Waals surface area contributed by atoms with Gasteiger partial charge in [-0.1, -0.05) is 17.7 Å². The number of ether oxygens (including phenoxy) is 3. The van der Waals surface area contributed by atoms with Crippen molar-refractivity contribution in [2.75, 3.05) is 21.3 Å². The maximum Gasteiger partial charge on any atom is 0.122 e. The van der Waals surface area contributed by atoms with E-state index >= 15 is 0 Å². The molecule has 0 spiro atoms. The SMILES string of the molecule is COc1cc(OC)cc(C(N)c2ccc(OC)cc2Cl)c1. The molecule has 0 aliphatic heterocycles. The molecule has 112 valence electrons. The third-order valence-electron chi connectivity index (χ3n) is 3.28. The summed E-state index contributed by atoms with van der Waals surface area (Å²) in [5.74, 6) is 2.06. The van der Waals surface area contributed by atoms with Gasteiger partial charge in [0, 0.05) is 11.1 Å². The summed E-state index contributed by atoms with van der Waals surface area (Å²) in [5.41, 5.74) is 7.99. The zero-order valence-corrected chi connectivity index (χ0v) is 13.0. The van der Waals surface area contributed by atoms with Gasteiger partial charge in [-0.15, -0.1) is 0 Å². The number of halogens is 1. The summed E-state index contributed by atoms with van der Waals surface area (Å²) in [6.45, 7) is 0. The van der Waals surface area contributed by atoms with E-state index in [0.717, 1.165) is 11.1 Å². The molecule has 0 fully saturated rings. The summed E-state index contributed by atoms with van der Waals surface area (Å²) >= 11 is 6.28. The summed E-state index contributed by atoms with van der Waals surface area (Å²) in [6.07, 6.45) is 0. The lowest BCUT2D eigenvalue weighted by Gasteiger charge is -2.17. The van der Waals surface area contributed by atoms with Crippen LogP contribution in [0.25, 0.3) is 0 Å². The van der Waals surface area contributed by atoms with Crippen LogP contribution < -0.4 is 19.9 Å². The molecule has 0 radical (unpaired) electrons. The molecule has 21 heavy (non-hydrogen) atoms. The van der Waals surface area contributed by atoms with Gasteiger partial charge in [0.25, 0.3) is 0 Å². The fraction of sp³-hybridized carbons (Fsp3) is 0.250. The molecule has 4 nitrogen and oxygen atoms in total. The normalized spacial score (nSPS) is 11.9. The molecule has 1 atom stereocenters. The maximum atomic E-state index is 6.32. The Morgan fingerprint density at radius 1 is 0.857 bits per heavy atom. The van der Waals surface area contributed by atoms with Gasteiger partial charge in [0.2, 0.25) is 0 Å². The van der Waals surface area contributed by atoms with Gasteiger partial charge in [0.15, 0.2) is 0 Å². The zero-order chi connectivity index (χ0) is 15.4. The van der Waals surface area contributed by atoms with Crippen LogP contribution >= 0.6 is 11.6 Å². The fourth-order valence-corrected chi connectivity index (χ4v) is 2.36. The van der Waals surface area contributed by atoms with Crippen molar-refractivity contribution in [3.8, 4) is 17.2 Å². The minimum absolute atomic E-state index is 0.382. The Balaban J connectivity index is 2.41. The lowest BCUT2D eigenvalue weighted by atomic mass is 9.99. The quantitative estimate of drug-likeness (QED) is 0.919. The van der Waals surface area contributed by atoms with E-state index < -0.39 is 0 Å². The zero-order valence-electron chi connectivity index (χ0n) is 12.2. The van der Waals surface area contributed by atoms with Gasteiger partial charge >= 0.3 is 0 Å². The monoisotopic (exact) mass is 307 g/mol. The summed E-state index contributed by atoms with van der Waals surface area (Å²) in [5, 5.41) is 0.559. The third-order valence-corrected chi connectivity index (χ3v) is 3.60. The summed E-state index contributed by atoms with van der Waals surface area (Å²) in [6, 6.07) is 10.6. The van der Waals surface area contributed by atoms with Crippen LogP contribution in [0.2, 0.25) is 5.02 Å². The number of benzene rings is 2. The Kier molecular flexibility index (Phi) is 4.94. The predicted octanol–water partition coefficient (Wildman–Crippen LogP) is 3.41. The van der Waals surface area contributed by atoms with Gasteiger partial charge in [-0.3, -0.25) is 0 Å². The van der Waals surface area contributed by atoms with Crippen molar-refractivity contribution in [2.45, 2.75) is 6.04 Å². The van der Waals surface area contributed by atoms with Gasteiger partial charge in [0.05, 0.1) is 27.4 Å². The molecule has 2 aromatic carbocycles. The van der Waals surface area contributed by atoms with Crippen molar-refractivity contribution >= 4 is 11.6 Å². The molecular weight excluding hydrogens is 290 g/mol. The number of nitrogens with two attached hydrogens (primary N) is 1. The number of hydrogen-bond acceptors (Lipinski definition) is 4. The maximum absolute atomic E-state index is 6.32. The van der Waals surface area contributed by atoms with E-state index in [1.54, 1.807) is 33.5 Å². The van der Waals surface area contributed by atoms with E-state index in [1.165, 1.54) is 0 Å². The van der Waals surface area contributed by atoms with Crippen molar-refractivity contribution in [1.29, 1.82) is 0 Å². The van der Waals surface area contributed by atoms with Crippen LogP contribution in [-0.4, -0.2) is 21.3 Å². The molecule has 0 aliphatic rings. The Hall–Kier alpha value is -1.91. The second-order valence-electron chi connectivity index (χ2n) is 4.51. The van der Waals surface area contributed by atoms with E-state index in [9.17, 15) is 0 Å². The first-order valence-electron chi connectivity index (χ1n) is 6.41. The lowest BCUT2D eigenvalue weighted by Crippen LogP contribution is -2.12. The number of hydrogen-bond donors (Lipinski definition) is 1. The highest BCUT2D eigenvalue weighted by Crippen LogP contribution is 2.33. The van der Waals surface area contributed by atoms with Gasteiger partial charge < -0.3 is 19.9 Å². The minimum Gasteiger partial charge on any atom is -0.497 e. The fourth-order valence-electron chi connectivity index (χ4n) is 2.08. The molecule has 2 N–H and O–H groups in total. The third kappa shape index (κ3) is 3.40. The standard InChI is InChI=1S/C16H18ClNO3/c1-19-11-4-5-14(15(17)9-11)16(18)10-6-12(20-2)8-13(7-10)21-3/h4-9,16H,18H2,1-3H3. The first-order valence-corrected chi connectivity index (χ1v) is 6.78. The van der Waals surface area contributed by atoms with E-state index in [4.69, 9.17) is 31.5 Å². The van der Waals surface area contributed by atoms with Gasteiger partial charge in [-0.25, -0.2) is 0 Å². The highest BCUT2D eigenvalue weighted by molar-refractivity contribution is 6.31. The first kappa shape index (κ1) is 15.5. The molecule has 0 aromatic heterocycles. The summed E-state index contributed by atoms with van der Waals surface area (Å²) in [7, 11) is 4.80. The van der Waals surface area contributed by atoms with E-state index in [0.29, 0.717) is 22.3 Å². The van der Waals surface area contributed by atoms with Crippen molar-refractivity contribution in [3.05, 3.63) is 52.5 Å². The average Bonchev–Trinajstić information content (AvgIpc) is 2.53. The highest BCUT2D eigenvalue weighted by atomic mass is 35.5. The van der Waals surface area contributed by atoms with Crippen molar-refractivity contribution in [3.63, 3.8) is 0 Å². The molecular formula is C16H18ClNO3. The minimum atomic E-state index is -0.382. The molecule has 0 heterocycles. The van der Waals surface area contributed by atoms with Crippen molar-refractivity contribution in [1.82, 2.24) is 0 Å². The smallest absolute Gasteiger partial charge is 0.122 e. The molecule has 0 amide bonds. The van der Waals surface area contributed by atoms with Crippen LogP contribution in [-0.2, 0) is 0 Å². The van der Waals surface area contributed by atoms with Crippen LogP contribution in [0.15, 0.2) is 36.4 Å². The summed E-state index contributed by atoms with van der Waals surface area (Å²) < 4.78 is 15.7. The van der Waals surface area contributed by atoms with Gasteiger partial charge in [-0.05, 0) is 35.4 Å². The van der Waals surface area contributed by atoms with Crippen LogP contribution in [0, 0.1) is 0 Å². The van der Waals surface area contributed by atoms with Gasteiger partial charge in [0.1, 0.15) is 17.2 Å².